The van der Waals surface area contributed by atoms with E-state index in [1.165, 1.54) is 0 Å². The summed E-state index contributed by atoms with van der Waals surface area (Å²) in [6.07, 6.45) is 1.65. The van der Waals surface area contributed by atoms with Crippen LogP contribution in [0.5, 0.6) is 0 Å². The SMILES string of the molecule is C=C(C)N(CC)S(C)=O. The first kappa shape index (κ1) is 8.69. The fourth-order valence-corrected chi connectivity index (χ4v) is 1.47. The Balaban J connectivity index is 3.99. The summed E-state index contributed by atoms with van der Waals surface area (Å²) in [6, 6.07) is 0. The van der Waals surface area contributed by atoms with Crippen LogP contribution in [0.2, 0.25) is 0 Å². The molecule has 0 aliphatic carbocycles. The number of allylic oxidation sites excluding steroid dienone is 1. The van der Waals surface area contributed by atoms with Crippen LogP contribution in [-0.4, -0.2) is 21.3 Å². The third-order valence-electron chi connectivity index (χ3n) is 1.02. The maximum absolute atomic E-state index is 10.8. The zero-order valence-corrected chi connectivity index (χ0v) is 6.99. The van der Waals surface area contributed by atoms with Crippen molar-refractivity contribution < 1.29 is 4.21 Å². The molecule has 54 valence electrons. The molecule has 0 aliphatic heterocycles. The van der Waals surface area contributed by atoms with Crippen molar-refractivity contribution >= 4 is 11.0 Å². The number of rotatable bonds is 3. The maximum Gasteiger partial charge on any atom is 0.116 e. The third-order valence-corrected chi connectivity index (χ3v) is 2.21. The highest BCUT2D eigenvalue weighted by Gasteiger charge is 2.02. The highest BCUT2D eigenvalue weighted by Crippen LogP contribution is 2.00. The monoisotopic (exact) mass is 147 g/mol. The predicted octanol–water partition coefficient (Wildman–Crippen LogP) is 1.14. The molecular formula is C6H13NOS. The Morgan fingerprint density at radius 2 is 2.22 bits per heavy atom. The molecule has 0 rings (SSSR count). The molecular weight excluding hydrogens is 134 g/mol. The second kappa shape index (κ2) is 3.67. The molecule has 0 bridgehead atoms. The number of hydrogen-bond acceptors (Lipinski definition) is 1. The summed E-state index contributed by atoms with van der Waals surface area (Å²) in [4.78, 5) is 0. The smallest absolute Gasteiger partial charge is 0.116 e. The summed E-state index contributed by atoms with van der Waals surface area (Å²) in [5, 5.41) is 0. The van der Waals surface area contributed by atoms with Crippen molar-refractivity contribution in [3.05, 3.63) is 12.3 Å². The predicted molar refractivity (Wildman–Crippen MR) is 41.3 cm³/mol. The molecule has 1 unspecified atom stereocenters. The Morgan fingerprint density at radius 1 is 1.78 bits per heavy atom. The van der Waals surface area contributed by atoms with Crippen LogP contribution in [0.3, 0.4) is 0 Å². The summed E-state index contributed by atoms with van der Waals surface area (Å²) >= 11 is 0. The van der Waals surface area contributed by atoms with Crippen molar-refractivity contribution in [2.75, 3.05) is 12.8 Å². The summed E-state index contributed by atoms with van der Waals surface area (Å²) < 4.78 is 12.5. The second-order valence-electron chi connectivity index (χ2n) is 1.85. The van der Waals surface area contributed by atoms with Crippen molar-refractivity contribution in [2.45, 2.75) is 13.8 Å². The lowest BCUT2D eigenvalue weighted by Gasteiger charge is -2.18. The van der Waals surface area contributed by atoms with E-state index in [-0.39, 0.29) is 0 Å². The van der Waals surface area contributed by atoms with Gasteiger partial charge in [0, 0.05) is 18.5 Å². The largest absolute Gasteiger partial charge is 0.297 e. The first-order valence-electron chi connectivity index (χ1n) is 2.86. The van der Waals surface area contributed by atoms with E-state index >= 15 is 0 Å². The molecule has 0 N–H and O–H groups in total. The van der Waals surface area contributed by atoms with Gasteiger partial charge in [-0.3, -0.25) is 4.31 Å². The summed E-state index contributed by atoms with van der Waals surface area (Å²) in [5.41, 5.74) is 0.860. The standard InChI is InChI=1S/C6H13NOS/c1-5-7(6(2)3)9(4)8/h2,5H2,1,3-4H3. The van der Waals surface area contributed by atoms with E-state index in [0.717, 1.165) is 12.2 Å². The van der Waals surface area contributed by atoms with Crippen LogP contribution in [-0.2, 0) is 11.0 Å². The van der Waals surface area contributed by atoms with Crippen LogP contribution in [0.4, 0.5) is 0 Å². The molecule has 0 spiro atoms. The molecule has 0 saturated heterocycles. The molecule has 0 aromatic heterocycles. The zero-order valence-electron chi connectivity index (χ0n) is 6.18. The van der Waals surface area contributed by atoms with E-state index in [2.05, 4.69) is 6.58 Å². The molecule has 0 fully saturated rings. The Morgan fingerprint density at radius 3 is 2.22 bits per heavy atom. The molecule has 0 radical (unpaired) electrons. The van der Waals surface area contributed by atoms with Crippen molar-refractivity contribution in [3.8, 4) is 0 Å². The number of nitrogens with zero attached hydrogens (tertiary/aromatic N) is 1. The van der Waals surface area contributed by atoms with Crippen molar-refractivity contribution in [1.29, 1.82) is 0 Å². The van der Waals surface area contributed by atoms with Gasteiger partial charge in [0.15, 0.2) is 0 Å². The van der Waals surface area contributed by atoms with Crippen LogP contribution in [0, 0.1) is 0 Å². The molecule has 0 heterocycles. The van der Waals surface area contributed by atoms with Crippen LogP contribution in [0.1, 0.15) is 13.8 Å². The Hall–Kier alpha value is -0.310. The van der Waals surface area contributed by atoms with Gasteiger partial charge in [-0.15, -0.1) is 0 Å². The van der Waals surface area contributed by atoms with Gasteiger partial charge in [-0.05, 0) is 13.8 Å². The van der Waals surface area contributed by atoms with Crippen molar-refractivity contribution in [1.82, 2.24) is 4.31 Å². The second-order valence-corrected chi connectivity index (χ2v) is 3.14. The normalized spacial score (nSPS) is 12.8. The van der Waals surface area contributed by atoms with Crippen molar-refractivity contribution in [2.24, 2.45) is 0 Å². The van der Waals surface area contributed by atoms with E-state index in [9.17, 15) is 4.21 Å². The van der Waals surface area contributed by atoms with Crippen LogP contribution in [0.25, 0.3) is 0 Å². The van der Waals surface area contributed by atoms with Crippen molar-refractivity contribution in [3.63, 3.8) is 0 Å². The highest BCUT2D eigenvalue weighted by molar-refractivity contribution is 7.82. The van der Waals surface area contributed by atoms with E-state index in [4.69, 9.17) is 0 Å². The van der Waals surface area contributed by atoms with Crippen LogP contribution >= 0.6 is 0 Å². The van der Waals surface area contributed by atoms with Gasteiger partial charge in [0.1, 0.15) is 11.0 Å². The van der Waals surface area contributed by atoms with Gasteiger partial charge in [0.2, 0.25) is 0 Å². The first-order chi connectivity index (χ1) is 4.09. The van der Waals surface area contributed by atoms with Gasteiger partial charge in [-0.25, -0.2) is 4.21 Å². The minimum absolute atomic E-state index is 0.762. The zero-order chi connectivity index (χ0) is 7.44. The minimum Gasteiger partial charge on any atom is -0.297 e. The lowest BCUT2D eigenvalue weighted by atomic mass is 10.5. The van der Waals surface area contributed by atoms with Gasteiger partial charge in [-0.1, -0.05) is 6.58 Å². The molecule has 9 heavy (non-hydrogen) atoms. The Kier molecular flexibility index (Phi) is 3.54. The van der Waals surface area contributed by atoms with Gasteiger partial charge in [0.05, 0.1) is 0 Å². The molecule has 0 aromatic carbocycles. The quantitative estimate of drug-likeness (QED) is 0.586. The topological polar surface area (TPSA) is 20.3 Å². The summed E-state index contributed by atoms with van der Waals surface area (Å²) in [6.45, 7) is 8.25. The molecule has 0 amide bonds. The number of hydrogen-bond donors (Lipinski definition) is 0. The summed E-state index contributed by atoms with van der Waals surface area (Å²) in [7, 11) is -0.900. The summed E-state index contributed by atoms with van der Waals surface area (Å²) in [5.74, 6) is 0. The molecule has 1 atom stereocenters. The molecule has 0 aliphatic rings. The lowest BCUT2D eigenvalue weighted by Crippen LogP contribution is -2.21. The minimum atomic E-state index is -0.900. The highest BCUT2D eigenvalue weighted by atomic mass is 32.2. The Bertz CT molecular complexity index is 119. The molecule has 0 saturated carbocycles. The van der Waals surface area contributed by atoms with Gasteiger partial charge in [0.25, 0.3) is 0 Å². The van der Waals surface area contributed by atoms with Crippen LogP contribution in [0.15, 0.2) is 12.3 Å². The van der Waals surface area contributed by atoms with E-state index in [0.29, 0.717) is 0 Å². The van der Waals surface area contributed by atoms with E-state index in [1.54, 1.807) is 10.6 Å². The van der Waals surface area contributed by atoms with E-state index < -0.39 is 11.0 Å². The maximum atomic E-state index is 10.8. The fraction of sp³-hybridized carbons (Fsp3) is 0.667. The fourth-order valence-electron chi connectivity index (χ4n) is 0.671. The molecule has 3 heteroatoms. The van der Waals surface area contributed by atoms with Gasteiger partial charge >= 0.3 is 0 Å². The average molecular weight is 147 g/mol. The lowest BCUT2D eigenvalue weighted by molar-refractivity contribution is 0.559. The van der Waals surface area contributed by atoms with Gasteiger partial charge < -0.3 is 0 Å². The van der Waals surface area contributed by atoms with Gasteiger partial charge in [-0.2, -0.15) is 0 Å². The molecule has 0 aromatic rings. The Labute approximate surface area is 59.1 Å². The first-order valence-corrected chi connectivity index (χ1v) is 4.37. The van der Waals surface area contributed by atoms with E-state index in [1.807, 2.05) is 13.8 Å². The van der Waals surface area contributed by atoms with Crippen LogP contribution < -0.4 is 0 Å². The third kappa shape index (κ3) is 2.65. The molecule has 2 nitrogen and oxygen atoms in total. The average Bonchev–Trinajstić information content (AvgIpc) is 1.64.